The Hall–Kier alpha value is -1.23. The molecule has 1 heterocycles. The minimum Gasteiger partial charge on any atom is -0.750 e. The van der Waals surface area contributed by atoms with Gasteiger partial charge in [0, 0.05) is 6.08 Å². The monoisotopic (exact) mass is 343 g/mol. The van der Waals surface area contributed by atoms with Gasteiger partial charge in [-0.2, -0.15) is 24.5 Å². The summed E-state index contributed by atoms with van der Waals surface area (Å²) in [6.45, 7) is 1.32. The van der Waals surface area contributed by atoms with E-state index in [1.165, 1.54) is 23.8 Å². The van der Waals surface area contributed by atoms with E-state index in [2.05, 4.69) is 8.92 Å². The van der Waals surface area contributed by atoms with Crippen LogP contribution in [0.3, 0.4) is 0 Å². The van der Waals surface area contributed by atoms with Crippen molar-refractivity contribution in [1.82, 2.24) is 0 Å². The fraction of sp³-hybridized carbons (Fsp3) is 0.364. The fourth-order valence-corrected chi connectivity index (χ4v) is 2.45. The van der Waals surface area contributed by atoms with Crippen molar-refractivity contribution in [2.24, 2.45) is 0 Å². The van der Waals surface area contributed by atoms with E-state index in [0.29, 0.717) is 0 Å². The van der Waals surface area contributed by atoms with E-state index in [4.69, 9.17) is 0 Å². The Balaban J connectivity index is 3.24. The molecule has 0 N–H and O–H groups in total. The summed E-state index contributed by atoms with van der Waals surface area (Å²) >= 11 is -2.13. The van der Waals surface area contributed by atoms with Gasteiger partial charge in [0.1, 0.15) is 6.10 Å². The zero-order chi connectivity index (χ0) is 16.0. The molecule has 2 unspecified atom stereocenters. The topological polar surface area (TPSA) is 75.7 Å². The lowest BCUT2D eigenvalue weighted by molar-refractivity contribution is -0.139. The average molecular weight is 343 g/mol. The van der Waals surface area contributed by atoms with E-state index in [1.807, 2.05) is 0 Å². The maximum Gasteiger partial charge on any atom is 0.415 e. The summed E-state index contributed by atoms with van der Waals surface area (Å²) in [6, 6.07) is 1.27. The van der Waals surface area contributed by atoms with E-state index in [-0.39, 0.29) is 18.2 Å². The Bertz CT molecular complexity index is 524. The van der Waals surface area contributed by atoms with Crippen LogP contribution in [0.15, 0.2) is 28.5 Å². The molecular formula is C11H10F3O5S2-. The molecular weight excluding hydrogens is 333 g/mol. The van der Waals surface area contributed by atoms with Crippen LogP contribution in [0, 0.1) is 0 Å². The second-order valence-electron chi connectivity index (χ2n) is 3.59. The number of ether oxygens (including phenoxy) is 1. The SMILES string of the molecule is CCOC(=O)C=C(C(OS(=O)[O-])c1ccsc1)C(F)(F)F. The minimum absolute atomic E-state index is 0.0305. The van der Waals surface area contributed by atoms with Crippen LogP contribution in [0.2, 0.25) is 0 Å². The van der Waals surface area contributed by atoms with Crippen molar-refractivity contribution in [3.05, 3.63) is 34.0 Å². The van der Waals surface area contributed by atoms with E-state index in [9.17, 15) is 26.7 Å². The maximum atomic E-state index is 13.1. The van der Waals surface area contributed by atoms with E-state index in [1.54, 1.807) is 0 Å². The highest BCUT2D eigenvalue weighted by Gasteiger charge is 2.41. The Labute approximate surface area is 124 Å². The predicted octanol–water partition coefficient (Wildman–Crippen LogP) is 2.65. The van der Waals surface area contributed by atoms with Gasteiger partial charge in [0.2, 0.25) is 0 Å². The molecule has 1 aromatic rings. The second kappa shape index (κ2) is 7.69. The molecule has 0 spiro atoms. The number of carbonyl (C=O) groups excluding carboxylic acids is 1. The van der Waals surface area contributed by atoms with Crippen LogP contribution in [0.4, 0.5) is 13.2 Å². The van der Waals surface area contributed by atoms with Gasteiger partial charge >= 0.3 is 12.1 Å². The van der Waals surface area contributed by atoms with Gasteiger partial charge < -0.3 is 9.29 Å². The van der Waals surface area contributed by atoms with Crippen LogP contribution in [0.25, 0.3) is 0 Å². The van der Waals surface area contributed by atoms with Crippen molar-refractivity contribution >= 4 is 28.7 Å². The average Bonchev–Trinajstić information content (AvgIpc) is 2.85. The van der Waals surface area contributed by atoms with Gasteiger partial charge in [-0.15, -0.1) is 0 Å². The lowest BCUT2D eigenvalue weighted by atomic mass is 10.0. The standard InChI is InChI=1S/C11H11F3O5S2/c1-2-18-9(15)5-8(11(12,13)14)10(19-21(16)17)7-3-4-20-6-7/h3-6,10H,2H2,1H3,(H,16,17)/p-1. The first-order valence-electron chi connectivity index (χ1n) is 5.49. The molecule has 0 fully saturated rings. The summed E-state index contributed by atoms with van der Waals surface area (Å²) in [7, 11) is 0. The third-order valence-electron chi connectivity index (χ3n) is 2.19. The molecule has 2 atom stereocenters. The first-order valence-corrected chi connectivity index (χ1v) is 7.44. The lowest BCUT2D eigenvalue weighted by Gasteiger charge is -2.22. The van der Waals surface area contributed by atoms with Crippen molar-refractivity contribution in [1.29, 1.82) is 0 Å². The van der Waals surface area contributed by atoms with Crippen molar-refractivity contribution < 1.29 is 35.6 Å². The van der Waals surface area contributed by atoms with Crippen LogP contribution in [0.1, 0.15) is 18.6 Å². The van der Waals surface area contributed by atoms with Crippen LogP contribution < -0.4 is 0 Å². The summed E-state index contributed by atoms with van der Waals surface area (Å²) in [4.78, 5) is 11.3. The third kappa shape index (κ3) is 5.58. The molecule has 1 aromatic heterocycles. The first-order chi connectivity index (χ1) is 9.75. The maximum absolute atomic E-state index is 13.1. The number of halogens is 3. The Morgan fingerprint density at radius 2 is 2.24 bits per heavy atom. The minimum atomic E-state index is -4.96. The van der Waals surface area contributed by atoms with Crippen LogP contribution in [-0.2, 0) is 25.1 Å². The van der Waals surface area contributed by atoms with Gasteiger partial charge in [-0.05, 0) is 29.3 Å². The van der Waals surface area contributed by atoms with Gasteiger partial charge in [0.05, 0.1) is 23.5 Å². The molecule has 0 aliphatic heterocycles. The number of carbonyl (C=O) groups is 1. The lowest BCUT2D eigenvalue weighted by Crippen LogP contribution is -2.23. The van der Waals surface area contributed by atoms with Crippen molar-refractivity contribution in [3.8, 4) is 0 Å². The summed E-state index contributed by atoms with van der Waals surface area (Å²) in [5.41, 5.74) is -1.49. The van der Waals surface area contributed by atoms with Gasteiger partial charge in [-0.25, -0.2) is 9.00 Å². The summed E-state index contributed by atoms with van der Waals surface area (Å²) in [6.07, 6.45) is -6.73. The molecule has 0 radical (unpaired) electrons. The molecule has 0 aliphatic rings. The van der Waals surface area contributed by atoms with Crippen molar-refractivity contribution in [2.45, 2.75) is 19.2 Å². The van der Waals surface area contributed by atoms with E-state index >= 15 is 0 Å². The Morgan fingerprint density at radius 1 is 1.57 bits per heavy atom. The van der Waals surface area contributed by atoms with Crippen LogP contribution >= 0.6 is 11.3 Å². The molecule has 1 rings (SSSR count). The molecule has 0 bridgehead atoms. The number of rotatable bonds is 6. The molecule has 10 heteroatoms. The number of hydrogen-bond donors (Lipinski definition) is 0. The van der Waals surface area contributed by atoms with Crippen LogP contribution in [0.5, 0.6) is 0 Å². The first kappa shape index (κ1) is 17.8. The molecule has 118 valence electrons. The van der Waals surface area contributed by atoms with Gasteiger partial charge in [-0.3, -0.25) is 4.18 Å². The van der Waals surface area contributed by atoms with Crippen LogP contribution in [-0.4, -0.2) is 27.5 Å². The van der Waals surface area contributed by atoms with Crippen molar-refractivity contribution in [2.75, 3.05) is 6.61 Å². The van der Waals surface area contributed by atoms with E-state index < -0.39 is 35.2 Å². The fourth-order valence-electron chi connectivity index (χ4n) is 1.41. The number of alkyl halides is 3. The highest BCUT2D eigenvalue weighted by atomic mass is 32.2. The second-order valence-corrected chi connectivity index (χ2v) is 4.97. The highest BCUT2D eigenvalue weighted by Crippen LogP contribution is 2.39. The Kier molecular flexibility index (Phi) is 6.52. The molecule has 0 aromatic carbocycles. The summed E-state index contributed by atoms with van der Waals surface area (Å²) in [5.74, 6) is -1.23. The smallest absolute Gasteiger partial charge is 0.415 e. The molecule has 5 nitrogen and oxygen atoms in total. The van der Waals surface area contributed by atoms with Gasteiger partial charge in [0.25, 0.3) is 0 Å². The highest BCUT2D eigenvalue weighted by molar-refractivity contribution is 7.74. The van der Waals surface area contributed by atoms with Crippen molar-refractivity contribution in [3.63, 3.8) is 0 Å². The number of hydrogen-bond acceptors (Lipinski definition) is 6. The van der Waals surface area contributed by atoms with Gasteiger partial charge in [-0.1, -0.05) is 0 Å². The zero-order valence-electron chi connectivity index (χ0n) is 10.6. The number of thiophene rings is 1. The van der Waals surface area contributed by atoms with Gasteiger partial charge in [0.15, 0.2) is 0 Å². The number of esters is 1. The Morgan fingerprint density at radius 3 is 2.67 bits per heavy atom. The summed E-state index contributed by atoms with van der Waals surface area (Å²) < 4.78 is 69.1. The normalized spacial score (nSPS) is 15.6. The largest absolute Gasteiger partial charge is 0.750 e. The molecule has 0 saturated heterocycles. The molecule has 21 heavy (non-hydrogen) atoms. The predicted molar refractivity (Wildman–Crippen MR) is 67.8 cm³/mol. The summed E-state index contributed by atoms with van der Waals surface area (Å²) in [5, 5.41) is 2.75. The molecule has 0 amide bonds. The third-order valence-corrected chi connectivity index (χ3v) is 3.24. The molecule has 0 aliphatic carbocycles. The van der Waals surface area contributed by atoms with E-state index in [0.717, 1.165) is 11.3 Å². The zero-order valence-corrected chi connectivity index (χ0v) is 12.2. The quantitative estimate of drug-likeness (QED) is 0.451. The molecule has 0 saturated carbocycles.